The van der Waals surface area contributed by atoms with Crippen LogP contribution in [0.15, 0.2) is 48.5 Å². The molecule has 2 aromatic carbocycles. The van der Waals surface area contributed by atoms with Crippen molar-refractivity contribution in [3.05, 3.63) is 59.9 Å². The van der Waals surface area contributed by atoms with E-state index in [1.807, 2.05) is 38.1 Å². The zero-order chi connectivity index (χ0) is 15.2. The Hall–Kier alpha value is -2.36. The molecular weight excluding hydrogens is 269 g/mol. The van der Waals surface area contributed by atoms with Gasteiger partial charge in [0, 0.05) is 5.69 Å². The highest BCUT2D eigenvalue weighted by Crippen LogP contribution is 2.17. The Kier molecular flexibility index (Phi) is 4.93. The summed E-state index contributed by atoms with van der Waals surface area (Å²) >= 11 is 0. The van der Waals surface area contributed by atoms with Crippen LogP contribution in [0, 0.1) is 12.7 Å². The summed E-state index contributed by atoms with van der Waals surface area (Å²) in [6.45, 7) is 3.83. The van der Waals surface area contributed by atoms with Gasteiger partial charge in [0.05, 0.1) is 0 Å². The minimum atomic E-state index is -0.616. The molecule has 0 bridgehead atoms. The van der Waals surface area contributed by atoms with E-state index in [0.29, 0.717) is 17.9 Å². The number of aryl methyl sites for hydroxylation is 1. The van der Waals surface area contributed by atoms with Gasteiger partial charge in [0.2, 0.25) is 0 Å². The van der Waals surface area contributed by atoms with Gasteiger partial charge in [-0.25, -0.2) is 4.39 Å². The molecule has 2 aromatic rings. The molecule has 4 heteroatoms. The second-order valence-electron chi connectivity index (χ2n) is 4.83. The molecule has 0 radical (unpaired) electrons. The van der Waals surface area contributed by atoms with Gasteiger partial charge in [-0.15, -0.1) is 0 Å². The standard InChI is InChI=1S/C17H18FNO2/c1-3-16(21-15-9-4-6-12(2)10-15)17(20)19-14-8-5-7-13(18)11-14/h4-11,16H,3H2,1-2H3,(H,19,20). The molecule has 0 spiro atoms. The third-order valence-electron chi connectivity index (χ3n) is 3.02. The van der Waals surface area contributed by atoms with E-state index in [1.54, 1.807) is 12.1 Å². The van der Waals surface area contributed by atoms with Gasteiger partial charge < -0.3 is 10.1 Å². The van der Waals surface area contributed by atoms with Crippen LogP contribution in [0.3, 0.4) is 0 Å². The van der Waals surface area contributed by atoms with E-state index < -0.39 is 6.10 Å². The Bertz CT molecular complexity index is 628. The molecule has 1 amide bonds. The molecular formula is C17H18FNO2. The summed E-state index contributed by atoms with van der Waals surface area (Å²) in [5.74, 6) is -0.0266. The fourth-order valence-corrected chi connectivity index (χ4v) is 1.96. The SMILES string of the molecule is CCC(Oc1cccc(C)c1)C(=O)Nc1cccc(F)c1. The average molecular weight is 287 g/mol. The van der Waals surface area contributed by atoms with Crippen LogP contribution in [-0.4, -0.2) is 12.0 Å². The first kappa shape index (κ1) is 15.0. The largest absolute Gasteiger partial charge is 0.481 e. The third-order valence-corrected chi connectivity index (χ3v) is 3.02. The van der Waals surface area contributed by atoms with Crippen LogP contribution in [0.2, 0.25) is 0 Å². The Balaban J connectivity index is 2.05. The summed E-state index contributed by atoms with van der Waals surface area (Å²) in [6, 6.07) is 13.3. The van der Waals surface area contributed by atoms with Crippen molar-refractivity contribution in [2.75, 3.05) is 5.32 Å². The highest BCUT2D eigenvalue weighted by Gasteiger charge is 2.18. The second kappa shape index (κ2) is 6.88. The molecule has 0 aliphatic carbocycles. The minimum absolute atomic E-state index is 0.287. The average Bonchev–Trinajstić information content (AvgIpc) is 2.44. The first-order valence-electron chi connectivity index (χ1n) is 6.88. The van der Waals surface area contributed by atoms with E-state index in [9.17, 15) is 9.18 Å². The van der Waals surface area contributed by atoms with E-state index in [1.165, 1.54) is 12.1 Å². The topological polar surface area (TPSA) is 38.3 Å². The summed E-state index contributed by atoms with van der Waals surface area (Å²) in [6.07, 6.45) is -0.0928. The number of rotatable bonds is 5. The molecule has 1 N–H and O–H groups in total. The number of carbonyl (C=O) groups excluding carboxylic acids is 1. The van der Waals surface area contributed by atoms with Gasteiger partial charge in [0.15, 0.2) is 6.10 Å². The molecule has 3 nitrogen and oxygen atoms in total. The van der Waals surface area contributed by atoms with Crippen molar-refractivity contribution in [3.8, 4) is 5.75 Å². The van der Waals surface area contributed by atoms with E-state index in [2.05, 4.69) is 5.32 Å². The monoisotopic (exact) mass is 287 g/mol. The molecule has 21 heavy (non-hydrogen) atoms. The van der Waals surface area contributed by atoms with Crippen LogP contribution in [0.5, 0.6) is 5.75 Å². The Morgan fingerprint density at radius 1 is 1.24 bits per heavy atom. The van der Waals surface area contributed by atoms with Crippen molar-refractivity contribution < 1.29 is 13.9 Å². The first-order chi connectivity index (χ1) is 10.1. The predicted molar refractivity (Wildman–Crippen MR) is 80.9 cm³/mol. The Morgan fingerprint density at radius 3 is 2.67 bits per heavy atom. The van der Waals surface area contributed by atoms with E-state index >= 15 is 0 Å². The van der Waals surface area contributed by atoms with Crippen LogP contribution in [-0.2, 0) is 4.79 Å². The maximum absolute atomic E-state index is 13.1. The normalized spacial score (nSPS) is 11.8. The molecule has 1 unspecified atom stereocenters. The molecule has 1 atom stereocenters. The smallest absolute Gasteiger partial charge is 0.265 e. The van der Waals surface area contributed by atoms with Crippen LogP contribution >= 0.6 is 0 Å². The first-order valence-corrected chi connectivity index (χ1v) is 6.88. The zero-order valence-electron chi connectivity index (χ0n) is 12.1. The number of hydrogen-bond donors (Lipinski definition) is 1. The number of amides is 1. The summed E-state index contributed by atoms with van der Waals surface area (Å²) in [4.78, 5) is 12.2. The molecule has 0 aliphatic heterocycles. The summed E-state index contributed by atoms with van der Waals surface area (Å²) in [5, 5.41) is 2.66. The minimum Gasteiger partial charge on any atom is -0.481 e. The lowest BCUT2D eigenvalue weighted by Crippen LogP contribution is -2.32. The maximum Gasteiger partial charge on any atom is 0.265 e. The highest BCUT2D eigenvalue weighted by atomic mass is 19.1. The van der Waals surface area contributed by atoms with Crippen LogP contribution < -0.4 is 10.1 Å². The van der Waals surface area contributed by atoms with Gasteiger partial charge in [-0.05, 0) is 49.2 Å². The van der Waals surface area contributed by atoms with Crippen LogP contribution in [0.25, 0.3) is 0 Å². The van der Waals surface area contributed by atoms with Crippen molar-refractivity contribution in [2.45, 2.75) is 26.4 Å². The zero-order valence-corrected chi connectivity index (χ0v) is 12.1. The number of benzene rings is 2. The van der Waals surface area contributed by atoms with Crippen molar-refractivity contribution in [1.82, 2.24) is 0 Å². The Morgan fingerprint density at radius 2 is 2.00 bits per heavy atom. The number of ether oxygens (including phenoxy) is 1. The number of halogens is 1. The van der Waals surface area contributed by atoms with Crippen molar-refractivity contribution in [1.29, 1.82) is 0 Å². The second-order valence-corrected chi connectivity index (χ2v) is 4.83. The van der Waals surface area contributed by atoms with Gasteiger partial charge >= 0.3 is 0 Å². The fraction of sp³-hybridized carbons (Fsp3) is 0.235. The van der Waals surface area contributed by atoms with Gasteiger partial charge in [-0.2, -0.15) is 0 Å². The van der Waals surface area contributed by atoms with Gasteiger partial charge in [-0.3, -0.25) is 4.79 Å². The fourth-order valence-electron chi connectivity index (χ4n) is 1.96. The quantitative estimate of drug-likeness (QED) is 0.905. The number of anilines is 1. The van der Waals surface area contributed by atoms with E-state index in [4.69, 9.17) is 4.74 Å². The molecule has 0 fully saturated rings. The Labute approximate surface area is 123 Å². The molecule has 0 aromatic heterocycles. The lowest BCUT2D eigenvalue weighted by atomic mass is 10.2. The highest BCUT2D eigenvalue weighted by molar-refractivity contribution is 5.94. The van der Waals surface area contributed by atoms with Gasteiger partial charge in [0.25, 0.3) is 5.91 Å². The predicted octanol–water partition coefficient (Wildman–Crippen LogP) is 3.93. The molecule has 0 saturated carbocycles. The molecule has 0 heterocycles. The van der Waals surface area contributed by atoms with Crippen LogP contribution in [0.4, 0.5) is 10.1 Å². The van der Waals surface area contributed by atoms with Crippen molar-refractivity contribution >= 4 is 11.6 Å². The summed E-state index contributed by atoms with van der Waals surface area (Å²) in [7, 11) is 0. The lowest BCUT2D eigenvalue weighted by Gasteiger charge is -2.17. The molecule has 0 aliphatic rings. The summed E-state index contributed by atoms with van der Waals surface area (Å²) in [5.41, 5.74) is 1.49. The number of carbonyl (C=O) groups is 1. The van der Waals surface area contributed by atoms with Gasteiger partial charge in [-0.1, -0.05) is 25.1 Å². The third kappa shape index (κ3) is 4.31. The van der Waals surface area contributed by atoms with E-state index in [-0.39, 0.29) is 11.7 Å². The van der Waals surface area contributed by atoms with Gasteiger partial charge in [0.1, 0.15) is 11.6 Å². The molecule has 2 rings (SSSR count). The lowest BCUT2D eigenvalue weighted by molar-refractivity contribution is -0.122. The molecule has 0 saturated heterocycles. The maximum atomic E-state index is 13.1. The summed E-state index contributed by atoms with van der Waals surface area (Å²) < 4.78 is 18.8. The molecule has 110 valence electrons. The number of hydrogen-bond acceptors (Lipinski definition) is 2. The van der Waals surface area contributed by atoms with E-state index in [0.717, 1.165) is 5.56 Å². The van der Waals surface area contributed by atoms with Crippen molar-refractivity contribution in [2.24, 2.45) is 0 Å². The number of nitrogens with one attached hydrogen (secondary N) is 1. The van der Waals surface area contributed by atoms with Crippen LogP contribution in [0.1, 0.15) is 18.9 Å². The van der Waals surface area contributed by atoms with Crippen molar-refractivity contribution in [3.63, 3.8) is 0 Å².